The minimum absolute atomic E-state index is 0.260. The van der Waals surface area contributed by atoms with E-state index in [0.29, 0.717) is 11.8 Å². The van der Waals surface area contributed by atoms with E-state index in [-0.39, 0.29) is 17.8 Å². The maximum absolute atomic E-state index is 12.1. The third-order valence-electron chi connectivity index (χ3n) is 5.62. The van der Waals surface area contributed by atoms with Crippen LogP contribution >= 0.6 is 0 Å². The van der Waals surface area contributed by atoms with E-state index >= 15 is 0 Å². The first-order chi connectivity index (χ1) is 10.3. The van der Waals surface area contributed by atoms with E-state index in [0.717, 1.165) is 12.8 Å². The van der Waals surface area contributed by atoms with E-state index in [2.05, 4.69) is 55.4 Å². The number of rotatable bonds is 10. The quantitative estimate of drug-likeness (QED) is 0.596. The molecule has 0 aliphatic carbocycles. The molecule has 4 nitrogen and oxygen atoms in total. The van der Waals surface area contributed by atoms with E-state index in [1.807, 2.05) is 0 Å². The van der Waals surface area contributed by atoms with Crippen molar-refractivity contribution in [2.75, 3.05) is 0 Å². The fraction of sp³-hybridized carbons (Fsp3) is 0.895. The summed E-state index contributed by atoms with van der Waals surface area (Å²) in [5.41, 5.74) is -0.826. The van der Waals surface area contributed by atoms with Crippen LogP contribution in [0.15, 0.2) is 0 Å². The summed E-state index contributed by atoms with van der Waals surface area (Å²) in [6, 6.07) is 0. The highest BCUT2D eigenvalue weighted by Gasteiger charge is 2.54. The number of carboxylic acids is 2. The van der Waals surface area contributed by atoms with Gasteiger partial charge in [0.15, 0.2) is 0 Å². The number of aliphatic carboxylic acids is 2. The molecule has 0 saturated carbocycles. The minimum atomic E-state index is -1.03. The molecule has 0 aromatic rings. The standard InChI is InChI=1S/C19H36O4/c1-12(2)10-19(11-13(3)4,18(7,8)14(5)6)15(17(22)23)9-16(20)21/h12-15H,9-11H2,1-8H3,(H,20,21)(H,22,23). The van der Waals surface area contributed by atoms with Crippen LogP contribution in [0.3, 0.4) is 0 Å². The Labute approximate surface area is 141 Å². The van der Waals surface area contributed by atoms with Gasteiger partial charge in [-0.3, -0.25) is 9.59 Å². The molecular weight excluding hydrogens is 292 g/mol. The Morgan fingerprint density at radius 2 is 1.26 bits per heavy atom. The fourth-order valence-electron chi connectivity index (χ4n) is 4.07. The molecule has 0 spiro atoms. The SMILES string of the molecule is CC(C)CC(CC(C)C)(C(CC(=O)O)C(=O)O)C(C)(C)C(C)C. The highest BCUT2D eigenvalue weighted by atomic mass is 16.4. The first kappa shape index (κ1) is 21.9. The first-order valence-corrected chi connectivity index (χ1v) is 8.72. The molecule has 0 aliphatic heterocycles. The van der Waals surface area contributed by atoms with E-state index in [9.17, 15) is 19.8 Å². The molecule has 0 aliphatic rings. The van der Waals surface area contributed by atoms with Crippen LogP contribution in [0.1, 0.15) is 74.7 Å². The molecule has 0 radical (unpaired) electrons. The molecule has 0 bridgehead atoms. The molecule has 0 amide bonds. The molecule has 0 aromatic heterocycles. The lowest BCUT2D eigenvalue weighted by molar-refractivity contribution is -0.164. The number of carbonyl (C=O) groups is 2. The summed E-state index contributed by atoms with van der Waals surface area (Å²) in [5.74, 6) is -2.01. The summed E-state index contributed by atoms with van der Waals surface area (Å²) in [4.78, 5) is 23.4. The van der Waals surface area contributed by atoms with Crippen LogP contribution in [-0.2, 0) is 9.59 Å². The molecular formula is C19H36O4. The third kappa shape index (κ3) is 5.22. The number of hydrogen-bond donors (Lipinski definition) is 2. The lowest BCUT2D eigenvalue weighted by Gasteiger charge is -2.54. The Bertz CT molecular complexity index is 398. The second kappa shape index (κ2) is 8.16. The van der Waals surface area contributed by atoms with Crippen LogP contribution in [0.4, 0.5) is 0 Å². The van der Waals surface area contributed by atoms with Crippen LogP contribution < -0.4 is 0 Å². The van der Waals surface area contributed by atoms with Gasteiger partial charge in [0, 0.05) is 0 Å². The van der Waals surface area contributed by atoms with Gasteiger partial charge in [0.1, 0.15) is 0 Å². The lowest BCUT2D eigenvalue weighted by atomic mass is 9.49. The monoisotopic (exact) mass is 328 g/mol. The van der Waals surface area contributed by atoms with Gasteiger partial charge < -0.3 is 10.2 Å². The Morgan fingerprint density at radius 1 is 0.870 bits per heavy atom. The van der Waals surface area contributed by atoms with Crippen molar-refractivity contribution in [1.82, 2.24) is 0 Å². The van der Waals surface area contributed by atoms with Crippen molar-refractivity contribution in [2.24, 2.45) is 34.5 Å². The van der Waals surface area contributed by atoms with Gasteiger partial charge in [-0.05, 0) is 41.4 Å². The highest BCUT2D eigenvalue weighted by Crippen LogP contribution is 2.57. The van der Waals surface area contributed by atoms with E-state index in [4.69, 9.17) is 0 Å². The molecule has 0 heterocycles. The van der Waals surface area contributed by atoms with E-state index in [1.165, 1.54) is 0 Å². The summed E-state index contributed by atoms with van der Waals surface area (Å²) in [6.45, 7) is 16.8. The van der Waals surface area contributed by atoms with Crippen molar-refractivity contribution in [3.63, 3.8) is 0 Å². The van der Waals surface area contributed by atoms with Gasteiger partial charge in [0.2, 0.25) is 0 Å². The second-order valence-corrected chi connectivity index (χ2v) is 8.72. The van der Waals surface area contributed by atoms with Crippen LogP contribution in [0, 0.1) is 34.5 Å². The Hall–Kier alpha value is -1.06. The van der Waals surface area contributed by atoms with Crippen LogP contribution in [0.25, 0.3) is 0 Å². The largest absolute Gasteiger partial charge is 0.481 e. The van der Waals surface area contributed by atoms with E-state index < -0.39 is 23.3 Å². The zero-order valence-corrected chi connectivity index (χ0v) is 16.1. The molecule has 136 valence electrons. The van der Waals surface area contributed by atoms with Gasteiger partial charge in [-0.1, -0.05) is 55.4 Å². The van der Waals surface area contributed by atoms with E-state index in [1.54, 1.807) is 0 Å². The summed E-state index contributed by atoms with van der Waals surface area (Å²) < 4.78 is 0. The molecule has 2 N–H and O–H groups in total. The molecule has 1 atom stereocenters. The molecule has 23 heavy (non-hydrogen) atoms. The zero-order chi connectivity index (χ0) is 18.6. The smallest absolute Gasteiger partial charge is 0.307 e. The summed E-state index contributed by atoms with van der Waals surface area (Å²) >= 11 is 0. The van der Waals surface area contributed by atoms with Crippen molar-refractivity contribution >= 4 is 11.9 Å². The molecule has 4 heteroatoms. The Balaban J connectivity index is 6.36. The summed E-state index contributed by atoms with van der Waals surface area (Å²) in [7, 11) is 0. The predicted molar refractivity (Wildman–Crippen MR) is 93.3 cm³/mol. The molecule has 0 fully saturated rings. The maximum Gasteiger partial charge on any atom is 0.307 e. The second-order valence-electron chi connectivity index (χ2n) is 8.72. The minimum Gasteiger partial charge on any atom is -0.481 e. The highest BCUT2D eigenvalue weighted by molar-refractivity contribution is 5.78. The number of carboxylic acid groups (broad SMARTS) is 2. The van der Waals surface area contributed by atoms with Crippen molar-refractivity contribution in [1.29, 1.82) is 0 Å². The van der Waals surface area contributed by atoms with Gasteiger partial charge in [-0.2, -0.15) is 0 Å². The van der Waals surface area contributed by atoms with Crippen molar-refractivity contribution in [2.45, 2.75) is 74.7 Å². The Morgan fingerprint density at radius 3 is 1.48 bits per heavy atom. The lowest BCUT2D eigenvalue weighted by Crippen LogP contribution is -2.51. The van der Waals surface area contributed by atoms with Crippen LogP contribution in [-0.4, -0.2) is 22.2 Å². The Kier molecular flexibility index (Phi) is 7.79. The topological polar surface area (TPSA) is 74.6 Å². The van der Waals surface area contributed by atoms with Crippen LogP contribution in [0.5, 0.6) is 0 Å². The normalized spacial score (nSPS) is 14.6. The van der Waals surface area contributed by atoms with Gasteiger partial charge in [-0.15, -0.1) is 0 Å². The molecule has 0 aromatic carbocycles. The molecule has 1 unspecified atom stereocenters. The molecule has 0 rings (SSSR count). The first-order valence-electron chi connectivity index (χ1n) is 8.72. The summed E-state index contributed by atoms with van der Waals surface area (Å²) in [5, 5.41) is 19.2. The average molecular weight is 328 g/mol. The maximum atomic E-state index is 12.1. The van der Waals surface area contributed by atoms with Crippen LogP contribution in [0.2, 0.25) is 0 Å². The zero-order valence-electron chi connectivity index (χ0n) is 16.1. The fourth-order valence-corrected chi connectivity index (χ4v) is 4.07. The van der Waals surface area contributed by atoms with Gasteiger partial charge in [0.25, 0.3) is 0 Å². The van der Waals surface area contributed by atoms with Crippen molar-refractivity contribution < 1.29 is 19.8 Å². The van der Waals surface area contributed by atoms with Gasteiger partial charge in [0.05, 0.1) is 12.3 Å². The van der Waals surface area contributed by atoms with Crippen molar-refractivity contribution in [3.05, 3.63) is 0 Å². The van der Waals surface area contributed by atoms with Gasteiger partial charge >= 0.3 is 11.9 Å². The number of hydrogen-bond acceptors (Lipinski definition) is 2. The third-order valence-corrected chi connectivity index (χ3v) is 5.62. The van der Waals surface area contributed by atoms with Gasteiger partial charge in [-0.25, -0.2) is 0 Å². The van der Waals surface area contributed by atoms with Crippen molar-refractivity contribution in [3.8, 4) is 0 Å². The average Bonchev–Trinajstić information content (AvgIpc) is 2.32. The molecule has 0 saturated heterocycles. The predicted octanol–water partition coefficient (Wildman–Crippen LogP) is 4.92. The summed E-state index contributed by atoms with van der Waals surface area (Å²) in [6.07, 6.45) is 1.13.